The van der Waals surface area contributed by atoms with Crippen molar-refractivity contribution in [3.8, 4) is 0 Å². The number of thiazole rings is 1. The highest BCUT2D eigenvalue weighted by molar-refractivity contribution is 7.99. The molecule has 3 rings (SSSR count). The SMILES string of the molecule is CC(N)c1nc(C(=O)NC2CCSc3ccccc32)cs1. The number of nitrogens with zero attached hydrogens (tertiary/aromatic N) is 1. The first kappa shape index (κ1) is 14.6. The maximum atomic E-state index is 12.3. The third kappa shape index (κ3) is 3.12. The van der Waals surface area contributed by atoms with E-state index in [1.807, 2.05) is 30.8 Å². The van der Waals surface area contributed by atoms with Crippen molar-refractivity contribution >= 4 is 29.0 Å². The molecule has 2 aromatic rings. The molecule has 0 radical (unpaired) electrons. The lowest BCUT2D eigenvalue weighted by Gasteiger charge is -2.25. The molecule has 21 heavy (non-hydrogen) atoms. The van der Waals surface area contributed by atoms with E-state index in [0.717, 1.165) is 17.2 Å². The zero-order valence-electron chi connectivity index (χ0n) is 11.7. The van der Waals surface area contributed by atoms with Crippen LogP contribution in [0.5, 0.6) is 0 Å². The van der Waals surface area contributed by atoms with Crippen LogP contribution in [0.25, 0.3) is 0 Å². The Kier molecular flexibility index (Phi) is 4.28. The number of thioether (sulfide) groups is 1. The smallest absolute Gasteiger partial charge is 0.271 e. The van der Waals surface area contributed by atoms with Gasteiger partial charge in [-0.15, -0.1) is 23.1 Å². The number of amides is 1. The molecule has 1 aliphatic heterocycles. The maximum Gasteiger partial charge on any atom is 0.271 e. The molecule has 110 valence electrons. The number of hydrogen-bond donors (Lipinski definition) is 2. The summed E-state index contributed by atoms with van der Waals surface area (Å²) in [6.45, 7) is 1.87. The third-order valence-electron chi connectivity index (χ3n) is 3.41. The van der Waals surface area contributed by atoms with Gasteiger partial charge in [-0.2, -0.15) is 0 Å². The van der Waals surface area contributed by atoms with Gasteiger partial charge < -0.3 is 11.1 Å². The number of carbonyl (C=O) groups excluding carboxylic acids is 1. The lowest BCUT2D eigenvalue weighted by atomic mass is 10.0. The Bertz CT molecular complexity index is 654. The molecule has 0 fully saturated rings. The number of nitrogens with one attached hydrogen (secondary N) is 1. The van der Waals surface area contributed by atoms with Crippen molar-refractivity contribution in [2.45, 2.75) is 30.3 Å². The zero-order valence-corrected chi connectivity index (χ0v) is 13.3. The molecule has 4 nitrogen and oxygen atoms in total. The molecule has 2 atom stereocenters. The van der Waals surface area contributed by atoms with E-state index in [9.17, 15) is 4.79 Å². The molecule has 0 spiro atoms. The van der Waals surface area contributed by atoms with Crippen molar-refractivity contribution in [2.24, 2.45) is 5.73 Å². The van der Waals surface area contributed by atoms with Crippen LogP contribution in [-0.2, 0) is 0 Å². The Morgan fingerprint density at radius 2 is 2.29 bits per heavy atom. The van der Waals surface area contributed by atoms with Crippen LogP contribution in [0, 0.1) is 0 Å². The Balaban J connectivity index is 1.76. The van der Waals surface area contributed by atoms with Gasteiger partial charge in [0, 0.05) is 16.0 Å². The topological polar surface area (TPSA) is 68.0 Å². The largest absolute Gasteiger partial charge is 0.344 e. The summed E-state index contributed by atoms with van der Waals surface area (Å²) in [5, 5.41) is 5.66. The average molecular weight is 319 g/mol. The first-order chi connectivity index (χ1) is 10.1. The second-order valence-electron chi connectivity index (χ2n) is 5.06. The highest BCUT2D eigenvalue weighted by Gasteiger charge is 2.23. The first-order valence-corrected chi connectivity index (χ1v) is 8.75. The number of carbonyl (C=O) groups is 1. The van der Waals surface area contributed by atoms with E-state index in [4.69, 9.17) is 5.73 Å². The minimum atomic E-state index is -0.136. The van der Waals surface area contributed by atoms with Gasteiger partial charge in [0.1, 0.15) is 10.7 Å². The van der Waals surface area contributed by atoms with E-state index in [-0.39, 0.29) is 18.0 Å². The number of rotatable bonds is 3. The van der Waals surface area contributed by atoms with Crippen LogP contribution in [-0.4, -0.2) is 16.6 Å². The van der Waals surface area contributed by atoms with E-state index < -0.39 is 0 Å². The van der Waals surface area contributed by atoms with Gasteiger partial charge in [-0.1, -0.05) is 18.2 Å². The molecule has 1 aromatic carbocycles. The van der Waals surface area contributed by atoms with Crippen molar-refractivity contribution < 1.29 is 4.79 Å². The number of benzene rings is 1. The quantitative estimate of drug-likeness (QED) is 0.912. The summed E-state index contributed by atoms with van der Waals surface area (Å²) in [7, 11) is 0. The average Bonchev–Trinajstić information content (AvgIpc) is 2.98. The molecule has 1 aromatic heterocycles. The van der Waals surface area contributed by atoms with Gasteiger partial charge in [-0.3, -0.25) is 4.79 Å². The number of aromatic nitrogens is 1. The van der Waals surface area contributed by atoms with E-state index in [1.54, 1.807) is 5.38 Å². The molecular formula is C15H17N3OS2. The van der Waals surface area contributed by atoms with Gasteiger partial charge >= 0.3 is 0 Å². The van der Waals surface area contributed by atoms with Crippen LogP contribution < -0.4 is 11.1 Å². The summed E-state index contributed by atoms with van der Waals surface area (Å²) in [6, 6.07) is 8.17. The van der Waals surface area contributed by atoms with Crippen LogP contribution in [0.3, 0.4) is 0 Å². The Labute approximate surface area is 132 Å². The summed E-state index contributed by atoms with van der Waals surface area (Å²) in [5.41, 5.74) is 7.45. The predicted molar refractivity (Wildman–Crippen MR) is 86.7 cm³/mol. The van der Waals surface area contributed by atoms with Gasteiger partial charge in [0.15, 0.2) is 0 Å². The van der Waals surface area contributed by atoms with E-state index in [2.05, 4.69) is 22.4 Å². The summed E-state index contributed by atoms with van der Waals surface area (Å²) in [6.07, 6.45) is 0.942. The second-order valence-corrected chi connectivity index (χ2v) is 7.09. The molecule has 1 aliphatic rings. The fourth-order valence-electron chi connectivity index (χ4n) is 2.33. The van der Waals surface area contributed by atoms with Gasteiger partial charge in [0.25, 0.3) is 5.91 Å². The van der Waals surface area contributed by atoms with E-state index in [1.165, 1.54) is 21.8 Å². The summed E-state index contributed by atoms with van der Waals surface area (Å²) < 4.78 is 0. The van der Waals surface area contributed by atoms with Crippen LogP contribution in [0.2, 0.25) is 0 Å². The molecule has 0 bridgehead atoms. The molecule has 0 saturated carbocycles. The molecule has 0 saturated heterocycles. The molecule has 1 amide bonds. The van der Waals surface area contributed by atoms with Crippen molar-refractivity contribution in [1.82, 2.24) is 10.3 Å². The zero-order chi connectivity index (χ0) is 14.8. The normalized spacial score (nSPS) is 18.9. The first-order valence-electron chi connectivity index (χ1n) is 6.88. The Morgan fingerprint density at radius 1 is 1.48 bits per heavy atom. The van der Waals surface area contributed by atoms with Crippen molar-refractivity contribution in [2.75, 3.05) is 5.75 Å². The number of nitrogens with two attached hydrogens (primary N) is 1. The van der Waals surface area contributed by atoms with Crippen LogP contribution in [0.1, 0.15) is 46.5 Å². The van der Waals surface area contributed by atoms with Crippen LogP contribution in [0.15, 0.2) is 34.5 Å². The molecular weight excluding hydrogens is 302 g/mol. The summed E-state index contributed by atoms with van der Waals surface area (Å²) in [4.78, 5) is 17.9. The summed E-state index contributed by atoms with van der Waals surface area (Å²) >= 11 is 3.27. The number of hydrogen-bond acceptors (Lipinski definition) is 5. The predicted octanol–water partition coefficient (Wildman–Crippen LogP) is 3.13. The molecule has 6 heteroatoms. The minimum absolute atomic E-state index is 0.0652. The standard InChI is InChI=1S/C15H17N3OS2/c1-9(16)15-18-12(8-21-15)14(19)17-11-6-7-20-13-5-3-2-4-10(11)13/h2-5,8-9,11H,6-7,16H2,1H3,(H,17,19). The molecule has 3 N–H and O–H groups in total. The Hall–Kier alpha value is -1.37. The van der Waals surface area contributed by atoms with E-state index >= 15 is 0 Å². The highest BCUT2D eigenvalue weighted by Crippen LogP contribution is 2.35. The lowest BCUT2D eigenvalue weighted by Crippen LogP contribution is -2.30. The fraction of sp³-hybridized carbons (Fsp3) is 0.333. The Morgan fingerprint density at radius 3 is 3.05 bits per heavy atom. The maximum absolute atomic E-state index is 12.3. The van der Waals surface area contributed by atoms with Gasteiger partial charge in [0.05, 0.1) is 12.1 Å². The van der Waals surface area contributed by atoms with Crippen molar-refractivity contribution in [3.05, 3.63) is 45.9 Å². The van der Waals surface area contributed by atoms with Gasteiger partial charge in [0.2, 0.25) is 0 Å². The molecule has 2 unspecified atom stereocenters. The molecule has 2 heterocycles. The minimum Gasteiger partial charge on any atom is -0.344 e. The van der Waals surface area contributed by atoms with Crippen molar-refractivity contribution in [1.29, 1.82) is 0 Å². The van der Waals surface area contributed by atoms with E-state index in [0.29, 0.717) is 5.69 Å². The molecule has 0 aliphatic carbocycles. The van der Waals surface area contributed by atoms with Crippen LogP contribution >= 0.6 is 23.1 Å². The third-order valence-corrected chi connectivity index (χ3v) is 5.58. The highest BCUT2D eigenvalue weighted by atomic mass is 32.2. The number of fused-ring (bicyclic) bond motifs is 1. The fourth-order valence-corrected chi connectivity index (χ4v) is 4.21. The second kappa shape index (κ2) is 6.17. The summed E-state index contributed by atoms with van der Waals surface area (Å²) in [5.74, 6) is 0.897. The lowest BCUT2D eigenvalue weighted by molar-refractivity contribution is 0.0930. The monoisotopic (exact) mass is 319 g/mol. The van der Waals surface area contributed by atoms with Gasteiger partial charge in [-0.05, 0) is 25.0 Å². The van der Waals surface area contributed by atoms with Gasteiger partial charge in [-0.25, -0.2) is 4.98 Å². The van der Waals surface area contributed by atoms with Crippen LogP contribution in [0.4, 0.5) is 0 Å². The van der Waals surface area contributed by atoms with Crippen molar-refractivity contribution in [3.63, 3.8) is 0 Å².